The van der Waals surface area contributed by atoms with Gasteiger partial charge in [-0.05, 0) is 6.07 Å². The van der Waals surface area contributed by atoms with Gasteiger partial charge in [-0.2, -0.15) is 18.3 Å². The fraction of sp³-hybridized carbons (Fsp3) is 0.167. The third-order valence-corrected chi connectivity index (χ3v) is 1.22. The van der Waals surface area contributed by atoms with Crippen LogP contribution in [0, 0.1) is 0 Å². The van der Waals surface area contributed by atoms with Crippen molar-refractivity contribution >= 4 is 5.97 Å². The number of hydrogen-bond donors (Lipinski definition) is 0. The molecule has 0 spiro atoms. The minimum atomic E-state index is -4.76. The summed E-state index contributed by atoms with van der Waals surface area (Å²) >= 11 is 0. The zero-order valence-electron chi connectivity index (χ0n) is 7.00. The van der Waals surface area contributed by atoms with Crippen LogP contribution in [0.1, 0.15) is 16.1 Å². The Bertz CT molecular complexity index is 342. The molecule has 0 aliphatic heterocycles. The van der Waals surface area contributed by atoms with Crippen LogP contribution < -0.4 is 24.0 Å². The second-order valence-corrected chi connectivity index (χ2v) is 2.08. The van der Waals surface area contributed by atoms with E-state index in [9.17, 15) is 23.1 Å². The van der Waals surface area contributed by atoms with Gasteiger partial charge in [-0.3, -0.25) is 0 Å². The molecule has 0 atom stereocenters. The van der Waals surface area contributed by atoms with Gasteiger partial charge in [0.2, 0.25) is 0 Å². The van der Waals surface area contributed by atoms with Crippen molar-refractivity contribution in [1.82, 2.24) is 10.2 Å². The van der Waals surface area contributed by atoms with Crippen molar-refractivity contribution < 1.29 is 41.9 Å². The number of nitrogens with zero attached hydrogens (tertiary/aromatic N) is 2. The SMILES string of the molecule is O=C([O-])c1nnccc1C(F)(F)F.[Li+]. The first-order valence-electron chi connectivity index (χ1n) is 3.03. The minimum absolute atomic E-state index is 0. The molecular formula is C6H2F3LiN2O2. The molecule has 0 unspecified atom stereocenters. The zero-order valence-corrected chi connectivity index (χ0v) is 7.00. The van der Waals surface area contributed by atoms with Crippen LogP contribution in [0.3, 0.4) is 0 Å². The summed E-state index contributed by atoms with van der Waals surface area (Å²) in [4.78, 5) is 10.2. The fourth-order valence-corrected chi connectivity index (χ4v) is 0.711. The van der Waals surface area contributed by atoms with E-state index in [1.54, 1.807) is 0 Å². The summed E-state index contributed by atoms with van der Waals surface area (Å²) in [7, 11) is 0. The summed E-state index contributed by atoms with van der Waals surface area (Å²) in [5.41, 5.74) is -2.56. The molecule has 0 radical (unpaired) electrons. The first-order valence-corrected chi connectivity index (χ1v) is 3.03. The first-order chi connectivity index (χ1) is 5.93. The molecule has 1 heterocycles. The van der Waals surface area contributed by atoms with Crippen LogP contribution in [0.5, 0.6) is 0 Å². The van der Waals surface area contributed by atoms with Gasteiger partial charge in [0.15, 0.2) is 0 Å². The number of alkyl halides is 3. The van der Waals surface area contributed by atoms with E-state index in [4.69, 9.17) is 0 Å². The Morgan fingerprint density at radius 2 is 2.00 bits per heavy atom. The van der Waals surface area contributed by atoms with Crippen LogP contribution in [-0.2, 0) is 6.18 Å². The van der Waals surface area contributed by atoms with Gasteiger partial charge >= 0.3 is 25.0 Å². The molecule has 8 heteroatoms. The van der Waals surface area contributed by atoms with Crippen molar-refractivity contribution in [3.8, 4) is 0 Å². The molecule has 0 saturated carbocycles. The van der Waals surface area contributed by atoms with Crippen molar-refractivity contribution in [3.63, 3.8) is 0 Å². The number of rotatable bonds is 1. The maximum Gasteiger partial charge on any atom is 1.00 e. The molecule has 0 fully saturated rings. The minimum Gasteiger partial charge on any atom is -0.543 e. The molecule has 0 saturated heterocycles. The van der Waals surface area contributed by atoms with Crippen LogP contribution in [0.4, 0.5) is 13.2 Å². The summed E-state index contributed by atoms with van der Waals surface area (Å²) in [6.45, 7) is 0. The van der Waals surface area contributed by atoms with E-state index < -0.39 is 23.4 Å². The van der Waals surface area contributed by atoms with E-state index in [0.29, 0.717) is 6.07 Å². The number of aromatic nitrogens is 2. The fourth-order valence-electron chi connectivity index (χ4n) is 0.711. The Kier molecular flexibility index (Phi) is 4.10. The van der Waals surface area contributed by atoms with E-state index in [1.165, 1.54) is 0 Å². The maximum atomic E-state index is 12.0. The average molecular weight is 198 g/mol. The summed E-state index contributed by atoms with van der Waals surface area (Å²) in [6, 6.07) is 0.526. The van der Waals surface area contributed by atoms with Crippen molar-refractivity contribution in [1.29, 1.82) is 0 Å². The normalized spacial score (nSPS) is 10.5. The molecule has 1 rings (SSSR count). The Hall–Kier alpha value is -1.06. The van der Waals surface area contributed by atoms with E-state index in [2.05, 4.69) is 10.2 Å². The van der Waals surface area contributed by atoms with Crippen LogP contribution in [0.25, 0.3) is 0 Å². The van der Waals surface area contributed by atoms with Gasteiger partial charge in [0.25, 0.3) is 0 Å². The molecule has 0 amide bonds. The molecule has 0 aliphatic rings. The van der Waals surface area contributed by atoms with Gasteiger partial charge in [0.05, 0.1) is 17.7 Å². The Morgan fingerprint density at radius 3 is 2.36 bits per heavy atom. The number of carboxylic acid groups (broad SMARTS) is 1. The summed E-state index contributed by atoms with van der Waals surface area (Å²) in [6.07, 6.45) is -4.00. The number of aromatic carboxylic acids is 1. The third-order valence-electron chi connectivity index (χ3n) is 1.22. The number of carboxylic acids is 1. The molecule has 4 nitrogen and oxygen atoms in total. The second kappa shape index (κ2) is 4.44. The average Bonchev–Trinajstić information content (AvgIpc) is 2.03. The molecule has 14 heavy (non-hydrogen) atoms. The smallest absolute Gasteiger partial charge is 0.543 e. The van der Waals surface area contributed by atoms with Crippen LogP contribution in [0.2, 0.25) is 0 Å². The molecular weight excluding hydrogens is 196 g/mol. The predicted octanol–water partition coefficient (Wildman–Crippen LogP) is -3.14. The van der Waals surface area contributed by atoms with Gasteiger partial charge in [-0.1, -0.05) is 0 Å². The number of carbonyl (C=O) groups excluding carboxylic acids is 1. The molecule has 0 N–H and O–H groups in total. The predicted molar refractivity (Wildman–Crippen MR) is 31.4 cm³/mol. The topological polar surface area (TPSA) is 65.9 Å². The van der Waals surface area contributed by atoms with Crippen molar-refractivity contribution in [2.75, 3.05) is 0 Å². The van der Waals surface area contributed by atoms with E-state index in [-0.39, 0.29) is 18.9 Å². The Labute approximate surface area is 88.3 Å². The van der Waals surface area contributed by atoms with Gasteiger partial charge < -0.3 is 9.90 Å². The molecule has 1 aromatic heterocycles. The number of hydrogen-bond acceptors (Lipinski definition) is 4. The van der Waals surface area contributed by atoms with Gasteiger partial charge in [0.1, 0.15) is 5.69 Å². The molecule has 1 aromatic rings. The van der Waals surface area contributed by atoms with Crippen LogP contribution in [0.15, 0.2) is 12.3 Å². The number of carbonyl (C=O) groups is 1. The quantitative estimate of drug-likeness (QED) is 0.447. The first kappa shape index (κ1) is 12.9. The van der Waals surface area contributed by atoms with E-state index >= 15 is 0 Å². The second-order valence-electron chi connectivity index (χ2n) is 2.08. The monoisotopic (exact) mass is 198 g/mol. The van der Waals surface area contributed by atoms with Crippen molar-refractivity contribution in [2.24, 2.45) is 0 Å². The molecule has 0 bridgehead atoms. The largest absolute Gasteiger partial charge is 1.00 e. The number of halogens is 3. The van der Waals surface area contributed by atoms with Crippen molar-refractivity contribution in [3.05, 3.63) is 23.5 Å². The molecule has 70 valence electrons. The Morgan fingerprint density at radius 1 is 1.43 bits per heavy atom. The summed E-state index contributed by atoms with van der Waals surface area (Å²) in [5, 5.41) is 16.0. The van der Waals surface area contributed by atoms with E-state index in [1.807, 2.05) is 0 Å². The summed E-state index contributed by atoms with van der Waals surface area (Å²) < 4.78 is 36.1. The molecule has 0 aliphatic carbocycles. The standard InChI is InChI=1S/C6H3F3N2O2.Li/c7-6(8,9)3-1-2-10-11-4(3)5(12)13;/h1-2H,(H,12,13);/q;+1/p-1. The van der Waals surface area contributed by atoms with E-state index in [0.717, 1.165) is 6.20 Å². The maximum absolute atomic E-state index is 12.0. The van der Waals surface area contributed by atoms with Gasteiger partial charge in [0, 0.05) is 0 Å². The third kappa shape index (κ3) is 2.72. The van der Waals surface area contributed by atoms with Crippen LogP contribution in [-0.4, -0.2) is 16.2 Å². The van der Waals surface area contributed by atoms with Crippen molar-refractivity contribution in [2.45, 2.75) is 6.18 Å². The molecule has 0 aromatic carbocycles. The Balaban J connectivity index is 0.00000169. The summed E-state index contributed by atoms with van der Waals surface area (Å²) in [5.74, 6) is -2.00. The van der Waals surface area contributed by atoms with Gasteiger partial charge in [-0.25, -0.2) is 0 Å². The van der Waals surface area contributed by atoms with Crippen LogP contribution >= 0.6 is 0 Å². The van der Waals surface area contributed by atoms with Gasteiger partial charge in [-0.15, -0.1) is 5.10 Å². The zero-order chi connectivity index (χ0) is 10.1.